The van der Waals surface area contributed by atoms with Gasteiger partial charge in [-0.25, -0.2) is 4.79 Å². The number of carbonyl (C=O) groups is 1. The highest BCUT2D eigenvalue weighted by atomic mass is 35.5. The van der Waals surface area contributed by atoms with Gasteiger partial charge in [-0.05, 0) is 24.3 Å². The Kier molecular flexibility index (Phi) is 2.64. The van der Waals surface area contributed by atoms with Crippen LogP contribution in [0.1, 0.15) is 19.4 Å². The van der Waals surface area contributed by atoms with Gasteiger partial charge in [-0.15, -0.1) is 0 Å². The summed E-state index contributed by atoms with van der Waals surface area (Å²) >= 11 is 5.78. The van der Waals surface area contributed by atoms with E-state index in [9.17, 15) is 4.79 Å². The fraction of sp³-hybridized carbons (Fsp3) is 0.250. The average molecular weight is 239 g/mol. The van der Waals surface area contributed by atoms with Gasteiger partial charge in [0.05, 0.1) is 6.08 Å². The molecule has 1 aliphatic rings. The Morgan fingerprint density at radius 3 is 2.31 bits per heavy atom. The van der Waals surface area contributed by atoms with Crippen LogP contribution in [0, 0.1) is 0 Å². The minimum Gasteiger partial charge on any atom is -0.452 e. The van der Waals surface area contributed by atoms with Crippen LogP contribution in [0.15, 0.2) is 30.3 Å². The maximum atomic E-state index is 11.3. The highest BCUT2D eigenvalue weighted by molar-refractivity contribution is 6.30. The second kappa shape index (κ2) is 3.83. The number of esters is 1. The molecule has 1 heterocycles. The van der Waals surface area contributed by atoms with E-state index >= 15 is 0 Å². The smallest absolute Gasteiger partial charge is 0.337 e. The minimum atomic E-state index is -0.930. The first kappa shape index (κ1) is 11.0. The molecule has 0 fully saturated rings. The molecule has 0 bridgehead atoms. The molecule has 0 radical (unpaired) electrons. The van der Waals surface area contributed by atoms with E-state index in [4.69, 9.17) is 21.1 Å². The zero-order valence-electron chi connectivity index (χ0n) is 8.99. The molecule has 1 aliphatic heterocycles. The molecule has 0 unspecified atom stereocenters. The molecular weight excluding hydrogens is 228 g/mol. The maximum Gasteiger partial charge on any atom is 0.337 e. The number of cyclic esters (lactones) is 1. The van der Waals surface area contributed by atoms with Crippen molar-refractivity contribution in [2.45, 2.75) is 19.6 Å². The van der Waals surface area contributed by atoms with E-state index in [2.05, 4.69) is 0 Å². The Morgan fingerprint density at radius 2 is 1.75 bits per heavy atom. The van der Waals surface area contributed by atoms with Gasteiger partial charge in [0.25, 0.3) is 0 Å². The number of benzene rings is 1. The van der Waals surface area contributed by atoms with Crippen LogP contribution in [-0.4, -0.2) is 11.8 Å². The van der Waals surface area contributed by atoms with E-state index in [1.54, 1.807) is 38.1 Å². The number of hydrogen-bond acceptors (Lipinski definition) is 3. The van der Waals surface area contributed by atoms with Gasteiger partial charge in [-0.1, -0.05) is 11.6 Å². The van der Waals surface area contributed by atoms with Gasteiger partial charge >= 0.3 is 5.97 Å². The predicted octanol–water partition coefficient (Wildman–Crippen LogP) is 2.99. The third-order valence-corrected chi connectivity index (χ3v) is 2.33. The van der Waals surface area contributed by atoms with Crippen LogP contribution in [0.5, 0.6) is 0 Å². The third-order valence-electron chi connectivity index (χ3n) is 2.08. The molecule has 4 heteroatoms. The molecule has 0 saturated carbocycles. The van der Waals surface area contributed by atoms with Crippen molar-refractivity contribution in [1.29, 1.82) is 0 Å². The van der Waals surface area contributed by atoms with Crippen molar-refractivity contribution in [2.24, 2.45) is 0 Å². The Hall–Kier alpha value is -1.48. The fourth-order valence-corrected chi connectivity index (χ4v) is 1.58. The van der Waals surface area contributed by atoms with Crippen molar-refractivity contribution in [3.05, 3.63) is 40.9 Å². The van der Waals surface area contributed by atoms with E-state index in [1.165, 1.54) is 6.08 Å². The first-order valence-corrected chi connectivity index (χ1v) is 5.24. The van der Waals surface area contributed by atoms with Crippen molar-refractivity contribution < 1.29 is 14.3 Å². The lowest BCUT2D eigenvalue weighted by Crippen LogP contribution is -2.33. The summed E-state index contributed by atoms with van der Waals surface area (Å²) in [6, 6.07) is 7.08. The third kappa shape index (κ3) is 2.36. The first-order valence-electron chi connectivity index (χ1n) is 4.86. The monoisotopic (exact) mass is 238 g/mol. The van der Waals surface area contributed by atoms with Gasteiger partial charge in [0, 0.05) is 24.4 Å². The standard InChI is InChI=1S/C12H11ClO3/c1-12(2)15-10(7-11(14)16-12)8-3-5-9(13)6-4-8/h3-7H,1-2H3. The molecule has 16 heavy (non-hydrogen) atoms. The Bertz CT molecular complexity index is 446. The lowest BCUT2D eigenvalue weighted by Gasteiger charge is -2.30. The summed E-state index contributed by atoms with van der Waals surface area (Å²) in [7, 11) is 0. The lowest BCUT2D eigenvalue weighted by molar-refractivity contribution is -0.193. The molecule has 84 valence electrons. The Balaban J connectivity index is 2.34. The second-order valence-corrected chi connectivity index (χ2v) is 4.37. The predicted molar refractivity (Wildman–Crippen MR) is 60.7 cm³/mol. The van der Waals surface area contributed by atoms with Gasteiger partial charge < -0.3 is 9.47 Å². The van der Waals surface area contributed by atoms with E-state index in [-0.39, 0.29) is 0 Å². The zero-order valence-corrected chi connectivity index (χ0v) is 9.75. The number of halogens is 1. The number of ether oxygens (including phenoxy) is 2. The van der Waals surface area contributed by atoms with Crippen LogP contribution in [0.2, 0.25) is 5.02 Å². The average Bonchev–Trinajstić information content (AvgIpc) is 2.15. The summed E-state index contributed by atoms with van der Waals surface area (Å²) < 4.78 is 10.5. The molecular formula is C12H11ClO3. The summed E-state index contributed by atoms with van der Waals surface area (Å²) in [6.45, 7) is 3.38. The number of rotatable bonds is 1. The quantitative estimate of drug-likeness (QED) is 0.706. The number of carbonyl (C=O) groups excluding carboxylic acids is 1. The fourth-order valence-electron chi connectivity index (χ4n) is 1.45. The van der Waals surface area contributed by atoms with Crippen LogP contribution < -0.4 is 0 Å². The second-order valence-electron chi connectivity index (χ2n) is 3.94. The Labute approximate surface area is 98.6 Å². The topological polar surface area (TPSA) is 35.5 Å². The van der Waals surface area contributed by atoms with Gasteiger partial charge in [0.2, 0.25) is 5.79 Å². The highest BCUT2D eigenvalue weighted by Gasteiger charge is 2.30. The van der Waals surface area contributed by atoms with Crippen molar-refractivity contribution >= 4 is 23.3 Å². The van der Waals surface area contributed by atoms with Gasteiger partial charge in [-0.2, -0.15) is 0 Å². The van der Waals surface area contributed by atoms with E-state index in [0.29, 0.717) is 10.8 Å². The summed E-state index contributed by atoms with van der Waals surface area (Å²) in [5, 5.41) is 0.641. The van der Waals surface area contributed by atoms with Crippen molar-refractivity contribution in [2.75, 3.05) is 0 Å². The van der Waals surface area contributed by atoms with Crippen LogP contribution in [0.25, 0.3) is 5.76 Å². The summed E-state index contributed by atoms with van der Waals surface area (Å²) in [5.41, 5.74) is 0.800. The molecule has 2 rings (SSSR count). The zero-order chi connectivity index (χ0) is 11.8. The van der Waals surface area contributed by atoms with Gasteiger partial charge in [-0.3, -0.25) is 0 Å². The molecule has 0 saturated heterocycles. The molecule has 1 aromatic rings. The summed E-state index contributed by atoms with van der Waals surface area (Å²) in [5.74, 6) is -0.833. The molecule has 0 atom stereocenters. The lowest BCUT2D eigenvalue weighted by atomic mass is 10.1. The number of hydrogen-bond donors (Lipinski definition) is 0. The largest absolute Gasteiger partial charge is 0.452 e. The Morgan fingerprint density at radius 1 is 1.12 bits per heavy atom. The van der Waals surface area contributed by atoms with E-state index in [0.717, 1.165) is 5.56 Å². The van der Waals surface area contributed by atoms with Crippen molar-refractivity contribution in [3.63, 3.8) is 0 Å². The molecule has 0 aliphatic carbocycles. The van der Waals surface area contributed by atoms with Crippen LogP contribution in [-0.2, 0) is 14.3 Å². The van der Waals surface area contributed by atoms with Gasteiger partial charge in [0.15, 0.2) is 0 Å². The minimum absolute atomic E-state index is 0.402. The molecule has 0 spiro atoms. The van der Waals surface area contributed by atoms with Crippen LogP contribution >= 0.6 is 11.6 Å². The van der Waals surface area contributed by atoms with Gasteiger partial charge in [0.1, 0.15) is 5.76 Å². The van der Waals surface area contributed by atoms with E-state index < -0.39 is 11.8 Å². The first-order chi connectivity index (χ1) is 7.46. The highest BCUT2D eigenvalue weighted by Crippen LogP contribution is 2.29. The molecule has 0 N–H and O–H groups in total. The van der Waals surface area contributed by atoms with E-state index in [1.807, 2.05) is 0 Å². The van der Waals surface area contributed by atoms with Crippen molar-refractivity contribution in [1.82, 2.24) is 0 Å². The molecule has 0 amide bonds. The normalized spacial score (nSPS) is 18.4. The summed E-state index contributed by atoms with van der Waals surface area (Å²) in [4.78, 5) is 11.3. The molecule has 3 nitrogen and oxygen atoms in total. The SMILES string of the molecule is CC1(C)OC(=O)C=C(c2ccc(Cl)cc2)O1. The maximum absolute atomic E-state index is 11.3. The van der Waals surface area contributed by atoms with Crippen LogP contribution in [0.3, 0.4) is 0 Å². The van der Waals surface area contributed by atoms with Crippen LogP contribution in [0.4, 0.5) is 0 Å². The molecule has 0 aromatic heterocycles. The van der Waals surface area contributed by atoms with Crippen molar-refractivity contribution in [3.8, 4) is 0 Å². The summed E-state index contributed by atoms with van der Waals surface area (Å²) in [6.07, 6.45) is 1.33. The molecule has 1 aromatic carbocycles.